The molecule has 10 heteroatoms. The highest BCUT2D eigenvalue weighted by Crippen LogP contribution is 2.27. The third kappa shape index (κ3) is 5.82. The fraction of sp³-hybridized carbons (Fsp3) is 0.208. The van der Waals surface area contributed by atoms with Gasteiger partial charge in [-0.1, -0.05) is 12.1 Å². The van der Waals surface area contributed by atoms with E-state index in [1.54, 1.807) is 48.3 Å². The van der Waals surface area contributed by atoms with Crippen LogP contribution in [0.5, 0.6) is 0 Å². The molecule has 0 spiro atoms. The molecule has 2 aromatic carbocycles. The Bertz CT molecular complexity index is 1410. The van der Waals surface area contributed by atoms with E-state index in [0.717, 1.165) is 11.1 Å². The summed E-state index contributed by atoms with van der Waals surface area (Å²) >= 11 is 0. The highest BCUT2D eigenvalue weighted by Gasteiger charge is 2.16. The van der Waals surface area contributed by atoms with E-state index in [-0.39, 0.29) is 23.9 Å². The SMILES string of the molecule is CN(CCS(C)(=O)=O)c1nc(NCc2ccc(F)cc2)nc2ccc(-c3ccc(F)cc3)nc12. The van der Waals surface area contributed by atoms with Crippen LogP contribution >= 0.6 is 0 Å². The number of anilines is 2. The van der Waals surface area contributed by atoms with E-state index in [1.807, 2.05) is 0 Å². The van der Waals surface area contributed by atoms with Gasteiger partial charge in [0, 0.05) is 32.0 Å². The van der Waals surface area contributed by atoms with Gasteiger partial charge in [-0.2, -0.15) is 4.98 Å². The topological polar surface area (TPSA) is 88.1 Å². The van der Waals surface area contributed by atoms with Gasteiger partial charge in [-0.05, 0) is 54.1 Å². The van der Waals surface area contributed by atoms with Gasteiger partial charge in [-0.3, -0.25) is 0 Å². The van der Waals surface area contributed by atoms with Crippen LogP contribution in [0, 0.1) is 11.6 Å². The minimum Gasteiger partial charge on any atom is -0.357 e. The van der Waals surface area contributed by atoms with Crippen LogP contribution < -0.4 is 10.2 Å². The van der Waals surface area contributed by atoms with Crippen molar-refractivity contribution in [3.05, 3.63) is 77.9 Å². The second-order valence-electron chi connectivity index (χ2n) is 7.97. The van der Waals surface area contributed by atoms with Crippen LogP contribution in [0.2, 0.25) is 0 Å². The normalized spacial score (nSPS) is 11.5. The molecule has 0 radical (unpaired) electrons. The van der Waals surface area contributed by atoms with Crippen LogP contribution in [0.25, 0.3) is 22.3 Å². The fourth-order valence-corrected chi connectivity index (χ4v) is 3.92. The van der Waals surface area contributed by atoms with Crippen molar-refractivity contribution >= 4 is 32.6 Å². The van der Waals surface area contributed by atoms with Crippen LogP contribution in [-0.2, 0) is 16.4 Å². The number of hydrogen-bond donors (Lipinski definition) is 1. The lowest BCUT2D eigenvalue weighted by atomic mass is 10.1. The largest absolute Gasteiger partial charge is 0.357 e. The summed E-state index contributed by atoms with van der Waals surface area (Å²) in [6.07, 6.45) is 1.18. The number of rotatable bonds is 8. The predicted octanol–water partition coefficient (Wildman–Crippen LogP) is 4.06. The van der Waals surface area contributed by atoms with Gasteiger partial charge < -0.3 is 10.2 Å². The van der Waals surface area contributed by atoms with E-state index >= 15 is 0 Å². The number of halogens is 2. The molecule has 0 aliphatic rings. The molecular weight excluding hydrogens is 460 g/mol. The molecule has 4 aromatic rings. The highest BCUT2D eigenvalue weighted by atomic mass is 32.2. The van der Waals surface area contributed by atoms with Crippen LogP contribution in [0.15, 0.2) is 60.7 Å². The number of nitrogens with one attached hydrogen (secondary N) is 1. The molecule has 1 N–H and O–H groups in total. The molecule has 0 aliphatic carbocycles. The monoisotopic (exact) mass is 483 g/mol. The third-order valence-corrected chi connectivity index (χ3v) is 6.11. The minimum atomic E-state index is -3.18. The number of nitrogens with zero attached hydrogens (tertiary/aromatic N) is 4. The van der Waals surface area contributed by atoms with Crippen molar-refractivity contribution < 1.29 is 17.2 Å². The van der Waals surface area contributed by atoms with Crippen molar-refractivity contribution in [1.82, 2.24) is 15.0 Å². The quantitative estimate of drug-likeness (QED) is 0.404. The number of sulfone groups is 1. The molecule has 0 saturated heterocycles. The van der Waals surface area contributed by atoms with Gasteiger partial charge in [-0.15, -0.1) is 0 Å². The maximum atomic E-state index is 13.3. The van der Waals surface area contributed by atoms with Crippen molar-refractivity contribution in [3.63, 3.8) is 0 Å². The first kappa shape index (κ1) is 23.5. The van der Waals surface area contributed by atoms with E-state index in [9.17, 15) is 17.2 Å². The predicted molar refractivity (Wildman–Crippen MR) is 129 cm³/mol. The van der Waals surface area contributed by atoms with Crippen LogP contribution in [0.3, 0.4) is 0 Å². The van der Waals surface area contributed by atoms with E-state index in [0.29, 0.717) is 35.0 Å². The van der Waals surface area contributed by atoms with Gasteiger partial charge in [0.25, 0.3) is 0 Å². The van der Waals surface area contributed by atoms with Crippen molar-refractivity contribution in [1.29, 1.82) is 0 Å². The molecule has 176 valence electrons. The van der Waals surface area contributed by atoms with Gasteiger partial charge in [-0.25, -0.2) is 27.2 Å². The Morgan fingerprint density at radius 3 is 2.18 bits per heavy atom. The molecule has 2 aromatic heterocycles. The summed E-state index contributed by atoms with van der Waals surface area (Å²) < 4.78 is 49.9. The van der Waals surface area contributed by atoms with Gasteiger partial charge >= 0.3 is 0 Å². The zero-order valence-corrected chi connectivity index (χ0v) is 19.5. The van der Waals surface area contributed by atoms with Crippen molar-refractivity contribution in [2.45, 2.75) is 6.54 Å². The van der Waals surface area contributed by atoms with E-state index in [4.69, 9.17) is 4.98 Å². The van der Waals surface area contributed by atoms with Crippen molar-refractivity contribution in [2.24, 2.45) is 0 Å². The number of pyridine rings is 1. The average Bonchev–Trinajstić information content (AvgIpc) is 2.81. The summed E-state index contributed by atoms with van der Waals surface area (Å²) in [5.41, 5.74) is 3.24. The number of hydrogen-bond acceptors (Lipinski definition) is 7. The molecular formula is C24H23F2N5O2S. The maximum absolute atomic E-state index is 13.3. The average molecular weight is 484 g/mol. The Hall–Kier alpha value is -3.66. The Labute approximate surface area is 196 Å². The van der Waals surface area contributed by atoms with E-state index in [2.05, 4.69) is 15.3 Å². The van der Waals surface area contributed by atoms with Gasteiger partial charge in [0.15, 0.2) is 5.82 Å². The zero-order valence-electron chi connectivity index (χ0n) is 18.7. The Morgan fingerprint density at radius 2 is 1.53 bits per heavy atom. The van der Waals surface area contributed by atoms with Crippen LogP contribution in [0.4, 0.5) is 20.5 Å². The number of aromatic nitrogens is 3. The summed E-state index contributed by atoms with van der Waals surface area (Å²) in [6.45, 7) is 0.587. The number of benzene rings is 2. The maximum Gasteiger partial charge on any atom is 0.225 e. The van der Waals surface area contributed by atoms with Crippen LogP contribution in [0.1, 0.15) is 5.56 Å². The van der Waals surface area contributed by atoms with Crippen molar-refractivity contribution in [3.8, 4) is 11.3 Å². The van der Waals surface area contributed by atoms with Crippen molar-refractivity contribution in [2.75, 3.05) is 35.8 Å². The fourth-order valence-electron chi connectivity index (χ4n) is 3.32. The van der Waals surface area contributed by atoms with Gasteiger partial charge in [0.05, 0.1) is 17.0 Å². The molecule has 0 atom stereocenters. The lowest BCUT2D eigenvalue weighted by molar-refractivity contribution is 0.601. The molecule has 0 unspecified atom stereocenters. The molecule has 0 fully saturated rings. The molecule has 0 aliphatic heterocycles. The Kier molecular flexibility index (Phi) is 6.69. The molecule has 0 saturated carbocycles. The summed E-state index contributed by atoms with van der Waals surface area (Å²) in [6, 6.07) is 15.7. The first-order valence-electron chi connectivity index (χ1n) is 10.5. The standard InChI is InChI=1S/C24H23F2N5O2S/c1-31(13-14-34(2,32)33)23-22-21(12-11-20(28-22)17-5-9-19(26)10-6-17)29-24(30-23)27-15-16-3-7-18(25)8-4-16/h3-12H,13-15H2,1-2H3,(H,27,29,30). The summed E-state index contributed by atoms with van der Waals surface area (Å²) in [5, 5.41) is 3.13. The Morgan fingerprint density at radius 1 is 0.882 bits per heavy atom. The van der Waals surface area contributed by atoms with E-state index < -0.39 is 9.84 Å². The second kappa shape index (κ2) is 9.68. The third-order valence-electron chi connectivity index (χ3n) is 5.19. The molecule has 0 amide bonds. The summed E-state index contributed by atoms with van der Waals surface area (Å²) in [7, 11) is -1.44. The first-order chi connectivity index (χ1) is 16.2. The minimum absolute atomic E-state index is 0.0506. The lowest BCUT2D eigenvalue weighted by Crippen LogP contribution is -2.26. The summed E-state index contributed by atoms with van der Waals surface area (Å²) in [5.74, 6) is 0.0772. The zero-order chi connectivity index (χ0) is 24.3. The smallest absolute Gasteiger partial charge is 0.225 e. The van der Waals surface area contributed by atoms with Gasteiger partial charge in [0.2, 0.25) is 5.95 Å². The first-order valence-corrected chi connectivity index (χ1v) is 12.6. The van der Waals surface area contributed by atoms with Crippen LogP contribution in [-0.4, -0.2) is 49.0 Å². The molecule has 34 heavy (non-hydrogen) atoms. The molecule has 0 bridgehead atoms. The number of fused-ring (bicyclic) bond motifs is 1. The highest BCUT2D eigenvalue weighted by molar-refractivity contribution is 7.90. The van der Waals surface area contributed by atoms with E-state index in [1.165, 1.54) is 30.5 Å². The second-order valence-corrected chi connectivity index (χ2v) is 10.2. The molecule has 7 nitrogen and oxygen atoms in total. The molecule has 4 rings (SSSR count). The van der Waals surface area contributed by atoms with Gasteiger partial charge in [0.1, 0.15) is 27.0 Å². The lowest BCUT2D eigenvalue weighted by Gasteiger charge is -2.20. The Balaban J connectivity index is 1.71. The molecule has 2 heterocycles. The summed E-state index contributed by atoms with van der Waals surface area (Å²) in [4.78, 5) is 15.6.